The Morgan fingerprint density at radius 1 is 0.397 bits per heavy atom. The molecular weight excluding hydrogens is 1020 g/mol. The fourth-order valence-corrected chi connectivity index (χ4v) is 9.52. The summed E-state index contributed by atoms with van der Waals surface area (Å²) in [5.74, 6) is -1.99. The lowest BCUT2D eigenvalue weighted by atomic mass is 9.98. The van der Waals surface area contributed by atoms with Crippen LogP contribution in [-0.2, 0) is 53.5 Å². The standard InChI is InChI=1S/3C20H21F2NO3/c21-17-4-3-16(19(22)10-17)9-15-7-8-23(11-15)20(25)13-26-18-5-1-14(12-24)2-6-18;21-18-6-3-15(10-19(18)22)9-16-7-8-23(11-16)20(25)13-26-17-4-1-14(12-24)2-5-17;21-17-8-16(9-18(22)10-17)7-15-5-6-23(11-15)20(25)13-26-19-3-1-14(12-24)2-4-19/h1-6,10,15,24H,7-9,11-13H2;1-6,10,16,24H,7-9,11-13H2;1-4,8-10,15,24H,5-7,11-13H2. The van der Waals surface area contributed by atoms with Gasteiger partial charge in [0, 0.05) is 51.4 Å². The number of nitrogens with zero attached hydrogens (tertiary/aromatic N) is 3. The van der Waals surface area contributed by atoms with Gasteiger partial charge in [0.15, 0.2) is 31.5 Å². The number of hydrogen-bond acceptors (Lipinski definition) is 9. The van der Waals surface area contributed by atoms with Crippen LogP contribution < -0.4 is 14.2 Å². The first-order valence-electron chi connectivity index (χ1n) is 25.8. The lowest BCUT2D eigenvalue weighted by molar-refractivity contribution is -0.133. The van der Waals surface area contributed by atoms with Crippen LogP contribution in [0, 0.1) is 52.7 Å². The van der Waals surface area contributed by atoms with Gasteiger partial charge in [0.2, 0.25) is 0 Å². The summed E-state index contributed by atoms with van der Waals surface area (Å²) in [5.41, 5.74) is 4.17. The number of rotatable bonds is 18. The number of aliphatic hydroxyl groups is 3. The average Bonchev–Trinajstić information content (AvgIpc) is 4.24. The molecule has 0 aliphatic carbocycles. The highest BCUT2D eigenvalue weighted by Crippen LogP contribution is 2.26. The number of carbonyl (C=O) groups excluding carboxylic acids is 3. The van der Waals surface area contributed by atoms with Gasteiger partial charge in [0.1, 0.15) is 40.5 Å². The third-order valence-corrected chi connectivity index (χ3v) is 13.8. The number of likely N-dealkylation sites (tertiary alicyclic amines) is 3. The Kier molecular flexibility index (Phi) is 21.5. The van der Waals surface area contributed by atoms with E-state index in [0.29, 0.717) is 86.9 Å². The number of aliphatic hydroxyl groups excluding tert-OH is 3. The van der Waals surface area contributed by atoms with Gasteiger partial charge in [-0.15, -0.1) is 0 Å². The van der Waals surface area contributed by atoms with Gasteiger partial charge < -0.3 is 44.2 Å². The Bertz CT molecular complexity index is 2900. The van der Waals surface area contributed by atoms with Gasteiger partial charge in [-0.25, -0.2) is 26.3 Å². The van der Waals surface area contributed by atoms with Crippen LogP contribution in [0.5, 0.6) is 17.2 Å². The van der Waals surface area contributed by atoms with Gasteiger partial charge in [-0.1, -0.05) is 48.5 Å². The first kappa shape index (κ1) is 58.3. The largest absolute Gasteiger partial charge is 0.484 e. The summed E-state index contributed by atoms with van der Waals surface area (Å²) in [6.07, 6.45) is 4.06. The second-order valence-corrected chi connectivity index (χ2v) is 19.6. The molecule has 9 rings (SSSR count). The zero-order valence-electron chi connectivity index (χ0n) is 43.0. The van der Waals surface area contributed by atoms with Crippen molar-refractivity contribution >= 4 is 17.7 Å². The molecule has 0 bridgehead atoms. The number of carbonyl (C=O) groups is 3. The Labute approximate surface area is 449 Å². The highest BCUT2D eigenvalue weighted by molar-refractivity contribution is 5.79. The maximum Gasteiger partial charge on any atom is 0.260 e. The summed E-state index contributed by atoms with van der Waals surface area (Å²) in [5, 5.41) is 27.0. The predicted octanol–water partition coefficient (Wildman–Crippen LogP) is 8.78. The zero-order chi connectivity index (χ0) is 55.6. The number of ether oxygens (including phenoxy) is 3. The Hall–Kier alpha value is -7.41. The molecule has 3 N–H and O–H groups in total. The van der Waals surface area contributed by atoms with Crippen molar-refractivity contribution in [2.45, 2.75) is 58.3 Å². The summed E-state index contributed by atoms with van der Waals surface area (Å²) in [6, 6.07) is 31.8. The molecule has 3 unspecified atom stereocenters. The van der Waals surface area contributed by atoms with Crippen molar-refractivity contribution < 1.29 is 70.3 Å². The molecule has 6 aromatic rings. The molecule has 0 saturated carbocycles. The van der Waals surface area contributed by atoms with Crippen LogP contribution in [0.25, 0.3) is 0 Å². The van der Waals surface area contributed by atoms with Crippen molar-refractivity contribution in [3.63, 3.8) is 0 Å². The second-order valence-electron chi connectivity index (χ2n) is 19.6. The third kappa shape index (κ3) is 17.8. The van der Waals surface area contributed by atoms with Crippen molar-refractivity contribution in [3.05, 3.63) is 196 Å². The van der Waals surface area contributed by atoms with E-state index in [2.05, 4.69) is 0 Å². The molecule has 18 heteroatoms. The van der Waals surface area contributed by atoms with Crippen molar-refractivity contribution in [2.24, 2.45) is 17.8 Å². The smallest absolute Gasteiger partial charge is 0.260 e. The molecule has 6 aromatic carbocycles. The van der Waals surface area contributed by atoms with Crippen molar-refractivity contribution in [3.8, 4) is 17.2 Å². The second kappa shape index (κ2) is 28.8. The highest BCUT2D eigenvalue weighted by Gasteiger charge is 2.29. The van der Waals surface area contributed by atoms with E-state index in [-0.39, 0.29) is 75.1 Å². The maximum atomic E-state index is 13.8. The molecular formula is C60H63F6N3O9. The van der Waals surface area contributed by atoms with Gasteiger partial charge in [-0.2, -0.15) is 0 Å². The van der Waals surface area contributed by atoms with Gasteiger partial charge in [0.05, 0.1) is 19.8 Å². The van der Waals surface area contributed by atoms with Crippen molar-refractivity contribution in [1.29, 1.82) is 0 Å². The van der Waals surface area contributed by atoms with Gasteiger partial charge >= 0.3 is 0 Å². The van der Waals surface area contributed by atoms with Crippen LogP contribution in [0.1, 0.15) is 52.6 Å². The fourth-order valence-electron chi connectivity index (χ4n) is 9.52. The molecule has 3 amide bonds. The molecule has 12 nitrogen and oxygen atoms in total. The van der Waals surface area contributed by atoms with E-state index in [1.807, 2.05) is 0 Å². The predicted molar refractivity (Wildman–Crippen MR) is 278 cm³/mol. The van der Waals surface area contributed by atoms with E-state index in [1.54, 1.807) is 93.6 Å². The number of benzene rings is 6. The molecule has 78 heavy (non-hydrogen) atoms. The first-order chi connectivity index (χ1) is 37.6. The van der Waals surface area contributed by atoms with Gasteiger partial charge in [-0.3, -0.25) is 14.4 Å². The Morgan fingerprint density at radius 2 is 0.782 bits per heavy atom. The minimum atomic E-state index is -0.846. The molecule has 3 fully saturated rings. The van der Waals surface area contributed by atoms with Crippen LogP contribution in [0.2, 0.25) is 0 Å². The zero-order valence-corrected chi connectivity index (χ0v) is 43.0. The van der Waals surface area contributed by atoms with Crippen LogP contribution >= 0.6 is 0 Å². The van der Waals surface area contributed by atoms with Gasteiger partial charge in [0.25, 0.3) is 17.7 Å². The van der Waals surface area contributed by atoms with Crippen LogP contribution in [-0.4, -0.2) is 107 Å². The SMILES string of the molecule is O=C(COc1ccc(CO)cc1)N1CCC(Cc2cc(F)cc(F)c2)C1.O=C(COc1ccc(CO)cc1)N1CCC(Cc2ccc(F)c(F)c2)C1.O=C(COc1ccc(CO)cc1)N1CCC(Cc2ccc(F)cc2F)C1. The molecule has 3 heterocycles. The Morgan fingerprint density at radius 3 is 1.17 bits per heavy atom. The average molecular weight is 1080 g/mol. The lowest BCUT2D eigenvalue weighted by Gasteiger charge is -2.17. The van der Waals surface area contributed by atoms with E-state index in [9.17, 15) is 40.7 Å². The monoisotopic (exact) mass is 1080 g/mol. The Balaban J connectivity index is 0.000000170. The molecule has 0 aromatic heterocycles. The highest BCUT2D eigenvalue weighted by atomic mass is 19.2. The fraction of sp³-hybridized carbons (Fsp3) is 0.350. The first-order valence-corrected chi connectivity index (χ1v) is 25.8. The summed E-state index contributed by atoms with van der Waals surface area (Å²) in [6.45, 7) is 3.29. The molecule has 0 spiro atoms. The molecule has 414 valence electrons. The quantitative estimate of drug-likeness (QED) is 0.0719. The minimum absolute atomic E-state index is 0.0354. The molecule has 3 aliphatic heterocycles. The number of halogens is 6. The molecule has 3 atom stereocenters. The van der Waals surface area contributed by atoms with Crippen LogP contribution in [0.4, 0.5) is 26.3 Å². The molecule has 3 saturated heterocycles. The molecule has 0 radical (unpaired) electrons. The normalized spacial score (nSPS) is 16.7. The number of hydrogen-bond donors (Lipinski definition) is 3. The topological polar surface area (TPSA) is 149 Å². The minimum Gasteiger partial charge on any atom is -0.484 e. The lowest BCUT2D eigenvalue weighted by Crippen LogP contribution is -2.33. The van der Waals surface area contributed by atoms with Crippen LogP contribution in [0.15, 0.2) is 127 Å². The van der Waals surface area contributed by atoms with E-state index in [4.69, 9.17) is 29.5 Å². The molecule has 3 aliphatic rings. The summed E-state index contributed by atoms with van der Waals surface area (Å²) >= 11 is 0. The van der Waals surface area contributed by atoms with E-state index in [1.165, 1.54) is 30.3 Å². The summed E-state index contributed by atoms with van der Waals surface area (Å²) in [4.78, 5) is 42.1. The van der Waals surface area contributed by atoms with E-state index >= 15 is 0 Å². The van der Waals surface area contributed by atoms with Crippen molar-refractivity contribution in [2.75, 3.05) is 59.1 Å². The van der Waals surface area contributed by atoms with Crippen LogP contribution in [0.3, 0.4) is 0 Å². The third-order valence-electron chi connectivity index (χ3n) is 13.8. The van der Waals surface area contributed by atoms with Gasteiger partial charge in [-0.05, 0) is 156 Å². The summed E-state index contributed by atoms with van der Waals surface area (Å²) < 4.78 is 96.1. The number of amides is 3. The van der Waals surface area contributed by atoms with E-state index < -0.39 is 34.9 Å². The van der Waals surface area contributed by atoms with Crippen molar-refractivity contribution in [1.82, 2.24) is 14.7 Å². The maximum absolute atomic E-state index is 13.8. The van der Waals surface area contributed by atoms with E-state index in [0.717, 1.165) is 59.7 Å². The summed E-state index contributed by atoms with van der Waals surface area (Å²) in [7, 11) is 0.